The lowest BCUT2D eigenvalue weighted by Gasteiger charge is -2.39. The van der Waals surface area contributed by atoms with Gasteiger partial charge in [-0.25, -0.2) is 0 Å². The van der Waals surface area contributed by atoms with Crippen LogP contribution < -0.4 is 11.5 Å². The summed E-state index contributed by atoms with van der Waals surface area (Å²) < 4.78 is 0. The van der Waals surface area contributed by atoms with Gasteiger partial charge in [-0.1, -0.05) is 32.9 Å². The maximum atomic E-state index is 6.12. The van der Waals surface area contributed by atoms with Gasteiger partial charge >= 0.3 is 0 Å². The summed E-state index contributed by atoms with van der Waals surface area (Å²) in [6.07, 6.45) is 3.76. The number of nitrogen functional groups attached to an aromatic ring is 2. The fraction of sp³-hybridized carbons (Fsp3) is 0.600. The van der Waals surface area contributed by atoms with Crippen LogP contribution in [0.25, 0.3) is 0 Å². The summed E-state index contributed by atoms with van der Waals surface area (Å²) in [4.78, 5) is 0. The van der Waals surface area contributed by atoms with Crippen molar-refractivity contribution < 1.29 is 0 Å². The predicted octanol–water partition coefficient (Wildman–Crippen LogP) is 3.78. The smallest absolute Gasteiger partial charge is 0.0583 e. The van der Waals surface area contributed by atoms with Crippen LogP contribution in [0.5, 0.6) is 0 Å². The molecule has 4 N–H and O–H groups in total. The second-order valence-corrected chi connectivity index (χ2v) is 6.46. The lowest BCUT2D eigenvalue weighted by Crippen LogP contribution is -2.27. The van der Waals surface area contributed by atoms with E-state index in [0.717, 1.165) is 17.3 Å². The maximum Gasteiger partial charge on any atom is 0.0583 e. The molecule has 1 saturated carbocycles. The molecule has 1 fully saturated rings. The Morgan fingerprint density at radius 2 is 1.88 bits per heavy atom. The monoisotopic (exact) mass is 232 g/mol. The highest BCUT2D eigenvalue weighted by atomic mass is 14.7. The summed E-state index contributed by atoms with van der Waals surface area (Å²) in [6.45, 7) is 7.06. The van der Waals surface area contributed by atoms with Crippen LogP contribution in [-0.2, 0) is 0 Å². The minimum Gasteiger partial charge on any atom is -0.397 e. The molecule has 0 bridgehead atoms. The lowest BCUT2D eigenvalue weighted by molar-refractivity contribution is 0.169. The SMILES string of the molecule is C[C@@H]1C[C@@H](c2cccc(N)c2N)CC(C)(C)C1. The topological polar surface area (TPSA) is 52.0 Å². The third-order valence-corrected chi connectivity index (χ3v) is 4.00. The average molecular weight is 232 g/mol. The molecule has 0 spiro atoms. The van der Waals surface area contributed by atoms with Gasteiger partial charge in [0, 0.05) is 0 Å². The van der Waals surface area contributed by atoms with E-state index in [0.29, 0.717) is 11.3 Å². The van der Waals surface area contributed by atoms with Crippen LogP contribution in [-0.4, -0.2) is 0 Å². The van der Waals surface area contributed by atoms with Gasteiger partial charge in [-0.3, -0.25) is 0 Å². The van der Waals surface area contributed by atoms with Gasteiger partial charge in [0.1, 0.15) is 0 Å². The van der Waals surface area contributed by atoms with Gasteiger partial charge < -0.3 is 11.5 Å². The van der Waals surface area contributed by atoms with E-state index < -0.39 is 0 Å². The average Bonchev–Trinajstić information content (AvgIpc) is 2.19. The van der Waals surface area contributed by atoms with Crippen LogP contribution in [0, 0.1) is 11.3 Å². The van der Waals surface area contributed by atoms with Crippen LogP contribution in [0.15, 0.2) is 18.2 Å². The molecule has 0 unspecified atom stereocenters. The van der Waals surface area contributed by atoms with Gasteiger partial charge in [0.25, 0.3) is 0 Å². The number of anilines is 2. The van der Waals surface area contributed by atoms with Crippen LogP contribution in [0.4, 0.5) is 11.4 Å². The Morgan fingerprint density at radius 3 is 2.53 bits per heavy atom. The summed E-state index contributed by atoms with van der Waals surface area (Å²) in [5.41, 5.74) is 15.2. The molecular formula is C15H24N2. The van der Waals surface area contributed by atoms with Crippen molar-refractivity contribution in [2.75, 3.05) is 11.5 Å². The van der Waals surface area contributed by atoms with Gasteiger partial charge in [0.2, 0.25) is 0 Å². The van der Waals surface area contributed by atoms with Crippen LogP contribution in [0.1, 0.15) is 51.5 Å². The summed E-state index contributed by atoms with van der Waals surface area (Å²) >= 11 is 0. The van der Waals surface area contributed by atoms with Crippen molar-refractivity contribution in [1.29, 1.82) is 0 Å². The first kappa shape index (κ1) is 12.3. The first-order valence-corrected chi connectivity index (χ1v) is 6.53. The largest absolute Gasteiger partial charge is 0.397 e. The fourth-order valence-electron chi connectivity index (χ4n) is 3.54. The van der Waals surface area contributed by atoms with E-state index in [1.807, 2.05) is 12.1 Å². The van der Waals surface area contributed by atoms with Crippen molar-refractivity contribution in [2.24, 2.45) is 11.3 Å². The van der Waals surface area contributed by atoms with E-state index >= 15 is 0 Å². The molecule has 2 atom stereocenters. The number of nitrogens with two attached hydrogens (primary N) is 2. The second-order valence-electron chi connectivity index (χ2n) is 6.46. The minimum absolute atomic E-state index is 0.416. The fourth-order valence-corrected chi connectivity index (χ4v) is 3.54. The predicted molar refractivity (Wildman–Crippen MR) is 74.8 cm³/mol. The zero-order valence-corrected chi connectivity index (χ0v) is 11.2. The van der Waals surface area contributed by atoms with E-state index in [2.05, 4.69) is 26.8 Å². The third kappa shape index (κ3) is 2.56. The minimum atomic E-state index is 0.416. The molecule has 1 aromatic carbocycles. The van der Waals surface area contributed by atoms with Crippen molar-refractivity contribution in [3.05, 3.63) is 23.8 Å². The molecule has 0 aliphatic heterocycles. The van der Waals surface area contributed by atoms with Crippen molar-refractivity contribution in [3.63, 3.8) is 0 Å². The molecule has 1 aliphatic carbocycles. The molecule has 2 heteroatoms. The highest BCUT2D eigenvalue weighted by molar-refractivity contribution is 5.68. The van der Waals surface area contributed by atoms with Gasteiger partial charge in [0.05, 0.1) is 11.4 Å². The number of hydrogen-bond donors (Lipinski definition) is 2. The molecule has 0 amide bonds. The van der Waals surface area contributed by atoms with Gasteiger partial charge in [-0.15, -0.1) is 0 Å². The Morgan fingerprint density at radius 1 is 1.18 bits per heavy atom. The Kier molecular flexibility index (Phi) is 3.07. The van der Waals surface area contributed by atoms with Crippen molar-refractivity contribution in [2.45, 2.75) is 46.0 Å². The molecule has 17 heavy (non-hydrogen) atoms. The normalized spacial score (nSPS) is 27.9. The number of para-hydroxylation sites is 1. The van der Waals surface area contributed by atoms with Gasteiger partial charge in [0.15, 0.2) is 0 Å². The molecular weight excluding hydrogens is 208 g/mol. The lowest BCUT2D eigenvalue weighted by atomic mass is 9.66. The second kappa shape index (κ2) is 4.25. The molecule has 94 valence electrons. The molecule has 2 nitrogen and oxygen atoms in total. The van der Waals surface area contributed by atoms with Gasteiger partial charge in [-0.05, 0) is 48.1 Å². The van der Waals surface area contributed by atoms with Crippen molar-refractivity contribution in [1.82, 2.24) is 0 Å². The molecule has 1 aliphatic rings. The zero-order valence-electron chi connectivity index (χ0n) is 11.2. The molecule has 0 radical (unpaired) electrons. The Labute approximate surface area is 104 Å². The molecule has 0 heterocycles. The van der Waals surface area contributed by atoms with E-state index in [4.69, 9.17) is 11.5 Å². The van der Waals surface area contributed by atoms with Crippen LogP contribution in [0.3, 0.4) is 0 Å². The van der Waals surface area contributed by atoms with Crippen LogP contribution in [0.2, 0.25) is 0 Å². The van der Waals surface area contributed by atoms with E-state index in [1.54, 1.807) is 0 Å². The molecule has 0 aromatic heterocycles. The third-order valence-electron chi connectivity index (χ3n) is 4.00. The molecule has 0 saturated heterocycles. The summed E-state index contributed by atoms with van der Waals surface area (Å²) in [5.74, 6) is 1.34. The zero-order chi connectivity index (χ0) is 12.6. The highest BCUT2D eigenvalue weighted by Crippen LogP contribution is 2.47. The quantitative estimate of drug-likeness (QED) is 0.724. The molecule has 2 rings (SSSR count). The number of hydrogen-bond acceptors (Lipinski definition) is 2. The Hall–Kier alpha value is -1.18. The highest BCUT2D eigenvalue weighted by Gasteiger charge is 2.33. The molecule has 1 aromatic rings. The van der Waals surface area contributed by atoms with E-state index in [1.165, 1.54) is 24.8 Å². The van der Waals surface area contributed by atoms with Crippen LogP contribution >= 0.6 is 0 Å². The Balaban J connectivity index is 2.30. The maximum absolute atomic E-state index is 6.12. The van der Waals surface area contributed by atoms with E-state index in [9.17, 15) is 0 Å². The summed E-state index contributed by atoms with van der Waals surface area (Å²) in [5, 5.41) is 0. The summed E-state index contributed by atoms with van der Waals surface area (Å²) in [7, 11) is 0. The Bertz CT molecular complexity index is 409. The van der Waals surface area contributed by atoms with Crippen molar-refractivity contribution >= 4 is 11.4 Å². The standard InChI is InChI=1S/C15H24N2/c1-10-7-11(9-15(2,3)8-10)12-5-4-6-13(16)14(12)17/h4-6,10-11H,7-9,16-17H2,1-3H3/t10-,11-/m1/s1. The summed E-state index contributed by atoms with van der Waals surface area (Å²) in [6, 6.07) is 6.05. The van der Waals surface area contributed by atoms with E-state index in [-0.39, 0.29) is 0 Å². The van der Waals surface area contributed by atoms with Crippen molar-refractivity contribution in [3.8, 4) is 0 Å². The first-order chi connectivity index (χ1) is 7.89. The number of rotatable bonds is 1. The first-order valence-electron chi connectivity index (χ1n) is 6.53. The number of benzene rings is 1. The van der Waals surface area contributed by atoms with Gasteiger partial charge in [-0.2, -0.15) is 0 Å².